The molecule has 1 atom stereocenters. The molecule has 0 saturated heterocycles. The summed E-state index contributed by atoms with van der Waals surface area (Å²) in [4.78, 5) is 20.0. The normalized spacial score (nSPS) is 17.4. The van der Waals surface area contributed by atoms with Crippen LogP contribution in [0.2, 0.25) is 0 Å². The summed E-state index contributed by atoms with van der Waals surface area (Å²) >= 11 is 0. The van der Waals surface area contributed by atoms with Crippen molar-refractivity contribution in [1.29, 1.82) is 5.26 Å². The van der Waals surface area contributed by atoms with Gasteiger partial charge >= 0.3 is 5.92 Å². The number of ether oxygens (including phenoxy) is 2. The van der Waals surface area contributed by atoms with E-state index in [2.05, 4.69) is 20.0 Å². The molecule has 0 fully saturated rings. The fourth-order valence-electron chi connectivity index (χ4n) is 2.72. The molecule has 0 spiro atoms. The molecule has 2 heterocycles. The lowest BCUT2D eigenvalue weighted by Gasteiger charge is -2.29. The van der Waals surface area contributed by atoms with Gasteiger partial charge in [-0.1, -0.05) is 0 Å². The Morgan fingerprint density at radius 2 is 2.24 bits per heavy atom. The Balaban J connectivity index is 1.93. The van der Waals surface area contributed by atoms with E-state index in [4.69, 9.17) is 15.7 Å². The van der Waals surface area contributed by atoms with Crippen LogP contribution in [0.3, 0.4) is 0 Å². The van der Waals surface area contributed by atoms with Crippen molar-refractivity contribution in [2.45, 2.75) is 18.9 Å². The number of nitrogens with one attached hydrogen (secondary N) is 1. The van der Waals surface area contributed by atoms with Crippen LogP contribution < -0.4 is 15.8 Å². The Hall–Kier alpha value is -3.74. The largest absolute Gasteiger partial charge is 0.494 e. The lowest BCUT2D eigenvalue weighted by Crippen LogP contribution is -2.39. The first-order valence-electron chi connectivity index (χ1n) is 8.62. The highest BCUT2D eigenvalue weighted by Crippen LogP contribution is 2.42. The van der Waals surface area contributed by atoms with Gasteiger partial charge < -0.3 is 20.5 Å². The van der Waals surface area contributed by atoms with Gasteiger partial charge in [0.25, 0.3) is 11.9 Å². The Morgan fingerprint density at radius 1 is 1.45 bits per heavy atom. The van der Waals surface area contributed by atoms with Crippen LogP contribution in [-0.2, 0) is 4.74 Å². The van der Waals surface area contributed by atoms with Crippen molar-refractivity contribution in [3.05, 3.63) is 53.3 Å². The van der Waals surface area contributed by atoms with Gasteiger partial charge in [0, 0.05) is 17.4 Å². The fraction of sp³-hybridized carbons (Fsp3) is 0.263. The maximum Gasteiger partial charge on any atom is 0.307 e. The number of amidine groups is 1. The van der Waals surface area contributed by atoms with E-state index < -0.39 is 24.5 Å². The number of anilines is 1. The molecule has 8 nitrogen and oxygen atoms in total. The number of rotatable bonds is 5. The Kier molecular flexibility index (Phi) is 5.59. The molecular formula is C19H17F2N5O3. The topological polar surface area (TPSA) is 123 Å². The highest BCUT2D eigenvalue weighted by atomic mass is 19.3. The van der Waals surface area contributed by atoms with Crippen molar-refractivity contribution in [3.63, 3.8) is 0 Å². The molecule has 1 aromatic heterocycles. The molecule has 29 heavy (non-hydrogen) atoms. The third kappa shape index (κ3) is 4.40. The van der Waals surface area contributed by atoms with E-state index in [9.17, 15) is 13.6 Å². The minimum absolute atomic E-state index is 0.0636. The number of nitriles is 1. The summed E-state index contributed by atoms with van der Waals surface area (Å²) in [5.74, 6) is -3.68. The first-order chi connectivity index (χ1) is 13.8. The number of aliphatic imine (C=N–C) groups is 1. The standard InChI is InChI=1S/C19H17F2N5O3/c1-2-28-15-6-4-12(25-17(27)14-5-3-11(8-22)9-24-14)7-13(15)16-19(20,21)10-29-18(23)26-16/h3-7,9,16H,2,10H2,1H3,(H2,23,26)(H,25,27). The monoisotopic (exact) mass is 401 g/mol. The summed E-state index contributed by atoms with van der Waals surface area (Å²) in [6.07, 6.45) is 1.26. The predicted octanol–water partition coefficient (Wildman–Crippen LogP) is 2.63. The van der Waals surface area contributed by atoms with Gasteiger partial charge in [-0.25, -0.2) is 18.8 Å². The number of carbonyl (C=O) groups is 1. The molecule has 0 aliphatic carbocycles. The van der Waals surface area contributed by atoms with E-state index in [0.29, 0.717) is 5.56 Å². The number of alkyl halides is 2. The second kappa shape index (κ2) is 8.10. The zero-order chi connectivity index (χ0) is 21.0. The highest BCUT2D eigenvalue weighted by Gasteiger charge is 2.46. The van der Waals surface area contributed by atoms with Crippen LogP contribution in [-0.4, -0.2) is 36.0 Å². The smallest absolute Gasteiger partial charge is 0.307 e. The molecule has 1 aliphatic rings. The van der Waals surface area contributed by atoms with Crippen molar-refractivity contribution < 1.29 is 23.0 Å². The lowest BCUT2D eigenvalue weighted by molar-refractivity contribution is -0.0785. The molecule has 1 aromatic carbocycles. The summed E-state index contributed by atoms with van der Waals surface area (Å²) in [6, 6.07) is 7.11. The number of benzene rings is 1. The average Bonchev–Trinajstić information content (AvgIpc) is 2.71. The van der Waals surface area contributed by atoms with Crippen molar-refractivity contribution >= 4 is 17.6 Å². The van der Waals surface area contributed by atoms with E-state index >= 15 is 0 Å². The van der Waals surface area contributed by atoms with Crippen LogP contribution in [0.4, 0.5) is 14.5 Å². The Morgan fingerprint density at radius 3 is 2.90 bits per heavy atom. The van der Waals surface area contributed by atoms with Crippen LogP contribution in [0.1, 0.15) is 34.6 Å². The zero-order valence-electron chi connectivity index (χ0n) is 15.4. The number of amides is 1. The lowest BCUT2D eigenvalue weighted by atomic mass is 9.99. The van der Waals surface area contributed by atoms with Gasteiger partial charge in [0.2, 0.25) is 0 Å². The number of hydrogen-bond acceptors (Lipinski definition) is 7. The molecule has 3 N–H and O–H groups in total. The van der Waals surface area contributed by atoms with Crippen LogP contribution in [0.25, 0.3) is 0 Å². The summed E-state index contributed by atoms with van der Waals surface area (Å²) in [6.45, 7) is 1.06. The van der Waals surface area contributed by atoms with Crippen LogP contribution in [0, 0.1) is 11.3 Å². The van der Waals surface area contributed by atoms with Gasteiger partial charge in [0.15, 0.2) is 12.6 Å². The molecule has 1 unspecified atom stereocenters. The zero-order valence-corrected chi connectivity index (χ0v) is 15.4. The van der Waals surface area contributed by atoms with Crippen LogP contribution >= 0.6 is 0 Å². The number of nitrogens with two attached hydrogens (primary N) is 1. The van der Waals surface area contributed by atoms with Crippen LogP contribution in [0.15, 0.2) is 41.5 Å². The number of halogens is 2. The summed E-state index contributed by atoms with van der Waals surface area (Å²) in [5, 5.41) is 11.4. The van der Waals surface area contributed by atoms with Gasteiger partial charge in [-0.15, -0.1) is 0 Å². The van der Waals surface area contributed by atoms with Crippen molar-refractivity contribution in [3.8, 4) is 11.8 Å². The third-order valence-electron chi connectivity index (χ3n) is 4.06. The molecule has 2 aromatic rings. The summed E-state index contributed by atoms with van der Waals surface area (Å²) < 4.78 is 38.9. The number of carbonyl (C=O) groups excluding carboxylic acids is 1. The summed E-state index contributed by atoms with van der Waals surface area (Å²) in [7, 11) is 0. The fourth-order valence-corrected chi connectivity index (χ4v) is 2.72. The molecule has 1 amide bonds. The second-order valence-corrected chi connectivity index (χ2v) is 6.10. The van der Waals surface area contributed by atoms with E-state index in [1.165, 1.54) is 36.5 Å². The van der Waals surface area contributed by atoms with E-state index in [1.807, 2.05) is 6.07 Å². The maximum atomic E-state index is 14.4. The maximum absolute atomic E-state index is 14.4. The van der Waals surface area contributed by atoms with Crippen molar-refractivity contribution in [2.24, 2.45) is 10.7 Å². The minimum atomic E-state index is -3.31. The molecule has 3 rings (SSSR count). The molecule has 1 aliphatic heterocycles. The van der Waals surface area contributed by atoms with Crippen molar-refractivity contribution in [1.82, 2.24) is 4.98 Å². The number of pyridine rings is 1. The molecule has 150 valence electrons. The van der Waals surface area contributed by atoms with Gasteiger partial charge in [-0.05, 0) is 37.3 Å². The second-order valence-electron chi connectivity index (χ2n) is 6.10. The summed E-state index contributed by atoms with van der Waals surface area (Å²) in [5.41, 5.74) is 6.16. The van der Waals surface area contributed by atoms with Crippen molar-refractivity contribution in [2.75, 3.05) is 18.5 Å². The van der Waals surface area contributed by atoms with E-state index in [0.717, 1.165) is 0 Å². The van der Waals surface area contributed by atoms with E-state index in [1.54, 1.807) is 6.92 Å². The molecule has 0 saturated carbocycles. The minimum Gasteiger partial charge on any atom is -0.494 e. The molecule has 0 bridgehead atoms. The van der Waals surface area contributed by atoms with Gasteiger partial charge in [0.1, 0.15) is 17.5 Å². The van der Waals surface area contributed by atoms with Gasteiger partial charge in [-0.3, -0.25) is 4.79 Å². The Labute approximate surface area is 165 Å². The Bertz CT molecular complexity index is 986. The van der Waals surface area contributed by atoms with Crippen LogP contribution in [0.5, 0.6) is 5.75 Å². The van der Waals surface area contributed by atoms with E-state index in [-0.39, 0.29) is 35.3 Å². The first kappa shape index (κ1) is 20.0. The van der Waals surface area contributed by atoms with Gasteiger partial charge in [0.05, 0.1) is 12.2 Å². The number of hydrogen-bond donors (Lipinski definition) is 2. The SMILES string of the molecule is CCOc1ccc(NC(=O)c2ccc(C#N)cn2)cc1C1N=C(N)OCC1(F)F. The first-order valence-corrected chi connectivity index (χ1v) is 8.62. The van der Waals surface area contributed by atoms with Gasteiger partial charge in [-0.2, -0.15) is 5.26 Å². The molecule has 0 radical (unpaired) electrons. The average molecular weight is 401 g/mol. The number of nitrogens with zero attached hydrogens (tertiary/aromatic N) is 3. The molecule has 10 heteroatoms. The quantitative estimate of drug-likeness (QED) is 0.794. The predicted molar refractivity (Wildman–Crippen MR) is 99.8 cm³/mol. The third-order valence-corrected chi connectivity index (χ3v) is 4.06. The molecular weight excluding hydrogens is 384 g/mol. The highest BCUT2D eigenvalue weighted by molar-refractivity contribution is 6.03. The number of aromatic nitrogens is 1.